The maximum atomic E-state index is 12.4. The van der Waals surface area contributed by atoms with Crippen LogP contribution >= 0.6 is 0 Å². The van der Waals surface area contributed by atoms with Crippen molar-refractivity contribution in [3.05, 3.63) is 48.4 Å². The van der Waals surface area contributed by atoms with Crippen molar-refractivity contribution in [2.24, 2.45) is 5.73 Å². The number of aromatic nitrogens is 3. The van der Waals surface area contributed by atoms with Crippen molar-refractivity contribution >= 4 is 34.9 Å². The highest BCUT2D eigenvalue weighted by Crippen LogP contribution is 2.17. The van der Waals surface area contributed by atoms with E-state index in [1.54, 1.807) is 47.4 Å². The molecule has 10 heteroatoms. The second kappa shape index (κ2) is 7.38. The Morgan fingerprint density at radius 2 is 1.96 bits per heavy atom. The number of imidazole rings is 1. The standard InChI is InChI=1S/C16H17N7O3/c17-13(24)4-5-19-16(26)22-11-3-1-2-10(8-11)21-15(25)12-9-20-23-7-6-18-14(12)23/h1-3,6-9,20H,4-5H2,(H2,17,24)(H,21,25)(H2,19,22,26). The number of hydrogen-bond acceptors (Lipinski definition) is 4. The van der Waals surface area contributed by atoms with Gasteiger partial charge in [-0.1, -0.05) is 6.07 Å². The summed E-state index contributed by atoms with van der Waals surface area (Å²) < 4.78 is 1.63. The van der Waals surface area contributed by atoms with Gasteiger partial charge in [0, 0.05) is 42.9 Å². The molecule has 0 saturated heterocycles. The van der Waals surface area contributed by atoms with Gasteiger partial charge in [0.05, 0.1) is 0 Å². The number of anilines is 2. The Morgan fingerprint density at radius 3 is 2.73 bits per heavy atom. The summed E-state index contributed by atoms with van der Waals surface area (Å²) in [6, 6.07) is 6.20. The minimum absolute atomic E-state index is 0.0580. The monoisotopic (exact) mass is 355 g/mol. The molecule has 0 aliphatic rings. The molecule has 2 aromatic heterocycles. The van der Waals surface area contributed by atoms with E-state index in [1.807, 2.05) is 0 Å². The topological polar surface area (TPSA) is 146 Å². The van der Waals surface area contributed by atoms with Crippen molar-refractivity contribution in [1.82, 2.24) is 19.9 Å². The highest BCUT2D eigenvalue weighted by Gasteiger charge is 2.13. The van der Waals surface area contributed by atoms with Crippen molar-refractivity contribution in [3.8, 4) is 0 Å². The van der Waals surface area contributed by atoms with Crippen LogP contribution in [0.4, 0.5) is 16.2 Å². The number of nitrogens with one attached hydrogen (secondary N) is 4. The van der Waals surface area contributed by atoms with Gasteiger partial charge in [-0.2, -0.15) is 0 Å². The summed E-state index contributed by atoms with van der Waals surface area (Å²) in [5, 5.41) is 10.8. The number of hydrogen-bond donors (Lipinski definition) is 5. The summed E-state index contributed by atoms with van der Waals surface area (Å²) in [5.74, 6) is -0.822. The molecule has 2 heterocycles. The Morgan fingerprint density at radius 1 is 1.19 bits per heavy atom. The predicted molar refractivity (Wildman–Crippen MR) is 94.8 cm³/mol. The first kappa shape index (κ1) is 17.0. The minimum atomic E-state index is -0.494. The molecule has 10 nitrogen and oxygen atoms in total. The molecular formula is C16H17N7O3. The van der Waals surface area contributed by atoms with E-state index >= 15 is 0 Å². The molecule has 0 aliphatic heterocycles. The van der Waals surface area contributed by atoms with E-state index in [0.717, 1.165) is 0 Å². The van der Waals surface area contributed by atoms with E-state index in [-0.39, 0.29) is 18.9 Å². The fourth-order valence-electron chi connectivity index (χ4n) is 2.32. The zero-order valence-electron chi connectivity index (χ0n) is 13.7. The highest BCUT2D eigenvalue weighted by molar-refractivity contribution is 6.08. The fraction of sp³-hybridized carbons (Fsp3) is 0.125. The molecule has 4 amide bonds. The summed E-state index contributed by atoms with van der Waals surface area (Å²) in [4.78, 5) is 38.9. The number of H-pyrrole nitrogens is 1. The van der Waals surface area contributed by atoms with Gasteiger partial charge in [0.15, 0.2) is 5.65 Å². The summed E-state index contributed by atoms with van der Waals surface area (Å²) >= 11 is 0. The van der Waals surface area contributed by atoms with Crippen molar-refractivity contribution in [2.45, 2.75) is 6.42 Å². The van der Waals surface area contributed by atoms with Crippen LogP contribution in [-0.2, 0) is 4.79 Å². The quantitative estimate of drug-likeness (QED) is 0.447. The largest absolute Gasteiger partial charge is 0.370 e. The summed E-state index contributed by atoms with van der Waals surface area (Å²) in [7, 11) is 0. The predicted octanol–water partition coefficient (Wildman–Crippen LogP) is 0.912. The number of amides is 4. The van der Waals surface area contributed by atoms with Crippen molar-refractivity contribution < 1.29 is 14.4 Å². The molecule has 0 saturated carbocycles. The highest BCUT2D eigenvalue weighted by atomic mass is 16.2. The van der Waals surface area contributed by atoms with E-state index in [0.29, 0.717) is 22.6 Å². The Kier molecular flexibility index (Phi) is 4.83. The molecule has 0 bridgehead atoms. The Labute approximate surface area is 147 Å². The smallest absolute Gasteiger partial charge is 0.319 e. The second-order valence-electron chi connectivity index (χ2n) is 5.44. The molecule has 0 spiro atoms. The number of carbonyl (C=O) groups excluding carboxylic acids is 3. The molecule has 26 heavy (non-hydrogen) atoms. The lowest BCUT2D eigenvalue weighted by Gasteiger charge is -2.09. The Balaban J connectivity index is 1.62. The van der Waals surface area contributed by atoms with Crippen LogP contribution in [0.25, 0.3) is 5.65 Å². The molecule has 0 radical (unpaired) electrons. The first-order valence-corrected chi connectivity index (χ1v) is 7.78. The number of urea groups is 1. The Bertz CT molecular complexity index is 960. The molecule has 0 atom stereocenters. The van der Waals surface area contributed by atoms with Crippen LogP contribution in [0.15, 0.2) is 42.9 Å². The maximum absolute atomic E-state index is 12.4. The normalized spacial score (nSPS) is 10.5. The minimum Gasteiger partial charge on any atom is -0.370 e. The van der Waals surface area contributed by atoms with Crippen molar-refractivity contribution in [2.75, 3.05) is 17.2 Å². The number of carbonyl (C=O) groups is 3. The van der Waals surface area contributed by atoms with E-state index in [2.05, 4.69) is 26.0 Å². The van der Waals surface area contributed by atoms with E-state index in [1.165, 1.54) is 0 Å². The first-order valence-electron chi connectivity index (χ1n) is 7.78. The molecular weight excluding hydrogens is 338 g/mol. The number of primary amides is 1. The van der Waals surface area contributed by atoms with Crippen molar-refractivity contribution in [1.29, 1.82) is 0 Å². The zero-order valence-corrected chi connectivity index (χ0v) is 13.7. The van der Waals surface area contributed by atoms with E-state index in [4.69, 9.17) is 5.73 Å². The van der Waals surface area contributed by atoms with E-state index in [9.17, 15) is 14.4 Å². The SMILES string of the molecule is NC(=O)CCNC(=O)Nc1cccc(NC(=O)c2c[nH]n3ccnc23)c1. The maximum Gasteiger partial charge on any atom is 0.319 e. The number of rotatable bonds is 6. The van der Waals surface area contributed by atoms with Gasteiger partial charge in [-0.05, 0) is 18.2 Å². The average Bonchev–Trinajstić information content (AvgIpc) is 3.17. The lowest BCUT2D eigenvalue weighted by atomic mass is 10.2. The molecule has 3 rings (SSSR count). The second-order valence-corrected chi connectivity index (χ2v) is 5.44. The number of nitrogens with zero attached hydrogens (tertiary/aromatic N) is 2. The first-order chi connectivity index (χ1) is 12.5. The van der Waals surface area contributed by atoms with Gasteiger partial charge in [0.25, 0.3) is 5.91 Å². The molecule has 1 aromatic carbocycles. The summed E-state index contributed by atoms with van der Waals surface area (Å²) in [6.45, 7) is 0.144. The van der Waals surface area contributed by atoms with Gasteiger partial charge >= 0.3 is 6.03 Å². The average molecular weight is 355 g/mol. The molecule has 0 unspecified atom stereocenters. The van der Waals surface area contributed by atoms with Crippen LogP contribution in [0.1, 0.15) is 16.8 Å². The van der Waals surface area contributed by atoms with Crippen LogP contribution in [0.3, 0.4) is 0 Å². The lowest BCUT2D eigenvalue weighted by molar-refractivity contribution is -0.117. The number of aromatic amines is 1. The van der Waals surface area contributed by atoms with Gasteiger partial charge in [0.1, 0.15) is 5.56 Å². The van der Waals surface area contributed by atoms with Crippen LogP contribution in [0.5, 0.6) is 0 Å². The summed E-state index contributed by atoms with van der Waals surface area (Å²) in [5.41, 5.74) is 6.92. The fourth-order valence-corrected chi connectivity index (χ4v) is 2.32. The van der Waals surface area contributed by atoms with Gasteiger partial charge < -0.3 is 21.7 Å². The van der Waals surface area contributed by atoms with Gasteiger partial charge in [-0.3, -0.25) is 14.7 Å². The van der Waals surface area contributed by atoms with Gasteiger partial charge in [-0.15, -0.1) is 0 Å². The van der Waals surface area contributed by atoms with E-state index < -0.39 is 11.9 Å². The molecule has 6 N–H and O–H groups in total. The molecule has 3 aromatic rings. The molecule has 0 aliphatic carbocycles. The number of nitrogens with two attached hydrogens (primary N) is 1. The molecule has 134 valence electrons. The zero-order chi connectivity index (χ0) is 18.5. The van der Waals surface area contributed by atoms with Crippen LogP contribution < -0.4 is 21.7 Å². The van der Waals surface area contributed by atoms with Crippen LogP contribution in [-0.4, -0.2) is 39.0 Å². The third-order valence-electron chi connectivity index (χ3n) is 3.51. The van der Waals surface area contributed by atoms with Crippen molar-refractivity contribution in [3.63, 3.8) is 0 Å². The number of benzene rings is 1. The third kappa shape index (κ3) is 3.98. The molecule has 0 fully saturated rings. The van der Waals surface area contributed by atoms with Crippen LogP contribution in [0, 0.1) is 0 Å². The van der Waals surface area contributed by atoms with Crippen LogP contribution in [0.2, 0.25) is 0 Å². The lowest BCUT2D eigenvalue weighted by Crippen LogP contribution is -2.31. The number of fused-ring (bicyclic) bond motifs is 1. The Hall–Kier alpha value is -3.82. The van der Waals surface area contributed by atoms with Gasteiger partial charge in [0.2, 0.25) is 5.91 Å². The van der Waals surface area contributed by atoms with Gasteiger partial charge in [-0.25, -0.2) is 14.3 Å². The third-order valence-corrected chi connectivity index (χ3v) is 3.51. The summed E-state index contributed by atoms with van der Waals surface area (Å²) in [6.07, 6.45) is 4.91.